The number of thioether (sulfide) groups is 1. The van der Waals surface area contributed by atoms with E-state index in [0.29, 0.717) is 6.42 Å². The maximum absolute atomic E-state index is 11.2. The highest BCUT2D eigenvalue weighted by Crippen LogP contribution is 2.32. The van der Waals surface area contributed by atoms with Crippen LogP contribution in [0.15, 0.2) is 0 Å². The molecule has 0 amide bonds. The first-order valence-corrected chi connectivity index (χ1v) is 3.00. The normalized spacial score (nSPS) is 12.0. The summed E-state index contributed by atoms with van der Waals surface area (Å²) in [4.78, 5) is 0. The minimum atomic E-state index is -4.09. The van der Waals surface area contributed by atoms with Gasteiger partial charge < -0.3 is 0 Å². The molecular weight excluding hydrogens is 137 g/mol. The van der Waals surface area contributed by atoms with Crippen LogP contribution in [0.4, 0.5) is 13.2 Å². The Morgan fingerprint density at radius 3 is 2.12 bits per heavy atom. The Morgan fingerprint density at radius 1 is 1.50 bits per heavy atom. The third-order valence-corrected chi connectivity index (χ3v) is 1.15. The quantitative estimate of drug-likeness (QED) is 0.572. The molecule has 0 aromatic carbocycles. The molecule has 0 saturated heterocycles. The fourth-order valence-electron chi connectivity index (χ4n) is 0.178. The van der Waals surface area contributed by atoms with Gasteiger partial charge in [-0.1, -0.05) is 6.92 Å². The molecule has 0 aromatic rings. The average Bonchev–Trinajstić information content (AvgIpc) is 1.59. The van der Waals surface area contributed by atoms with Crippen molar-refractivity contribution in [1.29, 1.82) is 0 Å². The summed E-state index contributed by atoms with van der Waals surface area (Å²) in [6.07, 6.45) is 0.449. The molecule has 0 fully saturated rings. The molecule has 0 aliphatic rings. The summed E-state index contributed by atoms with van der Waals surface area (Å²) < 4.78 is 33.5. The van der Waals surface area contributed by atoms with Gasteiger partial charge in [-0.25, -0.2) is 0 Å². The first kappa shape index (κ1) is 8.14. The van der Waals surface area contributed by atoms with Crippen molar-refractivity contribution < 1.29 is 13.2 Å². The van der Waals surface area contributed by atoms with Crippen LogP contribution in [-0.4, -0.2) is 5.51 Å². The van der Waals surface area contributed by atoms with Crippen LogP contribution in [-0.2, 0) is 0 Å². The highest BCUT2D eigenvalue weighted by atomic mass is 32.2. The van der Waals surface area contributed by atoms with Gasteiger partial charge in [-0.2, -0.15) is 13.2 Å². The van der Waals surface area contributed by atoms with Crippen LogP contribution in [0, 0.1) is 5.75 Å². The van der Waals surface area contributed by atoms with Gasteiger partial charge in [-0.05, 0) is 18.2 Å². The van der Waals surface area contributed by atoms with Crippen LogP contribution in [0.2, 0.25) is 0 Å². The van der Waals surface area contributed by atoms with E-state index in [1.165, 1.54) is 0 Å². The Morgan fingerprint density at radius 2 is 2.00 bits per heavy atom. The molecule has 0 saturated carbocycles. The number of hydrogen-bond donors (Lipinski definition) is 0. The molecule has 4 heteroatoms. The second-order valence-corrected chi connectivity index (χ2v) is 2.17. The molecule has 8 heavy (non-hydrogen) atoms. The fourth-order valence-corrected chi connectivity index (χ4v) is 0.533. The van der Waals surface area contributed by atoms with Crippen molar-refractivity contribution in [3.05, 3.63) is 5.75 Å². The van der Waals surface area contributed by atoms with E-state index in [1.807, 2.05) is 0 Å². The van der Waals surface area contributed by atoms with Crippen LogP contribution in [0.3, 0.4) is 0 Å². The topological polar surface area (TPSA) is 0 Å². The lowest BCUT2D eigenvalue weighted by Crippen LogP contribution is -1.97. The zero-order chi connectivity index (χ0) is 6.62. The molecule has 0 N–H and O–H groups in total. The summed E-state index contributed by atoms with van der Waals surface area (Å²) in [6.45, 7) is 1.67. The summed E-state index contributed by atoms with van der Waals surface area (Å²) >= 11 is -0.0914. The lowest BCUT2D eigenvalue weighted by Gasteiger charge is -2.01. The van der Waals surface area contributed by atoms with Crippen LogP contribution < -0.4 is 0 Å². The molecule has 0 nitrogen and oxygen atoms in total. The van der Waals surface area contributed by atoms with Gasteiger partial charge >= 0.3 is 5.51 Å². The van der Waals surface area contributed by atoms with Crippen LogP contribution in [0.5, 0.6) is 0 Å². The van der Waals surface area contributed by atoms with E-state index in [2.05, 4.69) is 0 Å². The van der Waals surface area contributed by atoms with E-state index < -0.39 is 5.51 Å². The van der Waals surface area contributed by atoms with Crippen LogP contribution in [0.25, 0.3) is 0 Å². The van der Waals surface area contributed by atoms with Crippen molar-refractivity contribution in [2.24, 2.45) is 0 Å². The summed E-state index contributed by atoms with van der Waals surface area (Å²) in [7, 11) is 0. The predicted molar refractivity (Wildman–Crippen MR) is 28.2 cm³/mol. The molecular formula is C4H6F3S. The second-order valence-electron chi connectivity index (χ2n) is 1.14. The van der Waals surface area contributed by atoms with Gasteiger partial charge in [0.15, 0.2) is 0 Å². The van der Waals surface area contributed by atoms with E-state index in [4.69, 9.17) is 0 Å². The van der Waals surface area contributed by atoms with E-state index in [-0.39, 0.29) is 11.8 Å². The Bertz CT molecular complexity index is 58.8. The van der Waals surface area contributed by atoms with Gasteiger partial charge in [0.25, 0.3) is 0 Å². The van der Waals surface area contributed by atoms with Gasteiger partial charge in [-0.3, -0.25) is 0 Å². The third kappa shape index (κ3) is 6.14. The fraction of sp³-hybridized carbons (Fsp3) is 0.750. The van der Waals surface area contributed by atoms with Gasteiger partial charge in [-0.15, -0.1) is 0 Å². The molecule has 0 aromatic heterocycles. The Balaban J connectivity index is 3.11. The molecule has 0 unspecified atom stereocenters. The van der Waals surface area contributed by atoms with Crippen molar-refractivity contribution >= 4 is 11.8 Å². The first-order chi connectivity index (χ1) is 3.56. The van der Waals surface area contributed by atoms with E-state index >= 15 is 0 Å². The van der Waals surface area contributed by atoms with E-state index in [9.17, 15) is 13.2 Å². The Kier molecular flexibility index (Phi) is 3.28. The summed E-state index contributed by atoms with van der Waals surface area (Å²) in [5, 5.41) is 0. The van der Waals surface area contributed by atoms with Gasteiger partial charge in [0.1, 0.15) is 0 Å². The molecule has 1 radical (unpaired) electrons. The monoisotopic (exact) mass is 143 g/mol. The van der Waals surface area contributed by atoms with Crippen molar-refractivity contribution in [3.63, 3.8) is 0 Å². The predicted octanol–water partition coefficient (Wildman–Crippen LogP) is 2.81. The number of halogens is 3. The smallest absolute Gasteiger partial charge is 0.160 e. The molecule has 0 bridgehead atoms. The Hall–Kier alpha value is 0.140. The molecule has 0 rings (SSSR count). The van der Waals surface area contributed by atoms with Crippen molar-refractivity contribution in [2.75, 3.05) is 0 Å². The molecule has 0 atom stereocenters. The minimum absolute atomic E-state index is 0.0914. The summed E-state index contributed by atoms with van der Waals surface area (Å²) in [6, 6.07) is 0. The zero-order valence-electron chi connectivity index (χ0n) is 4.33. The van der Waals surface area contributed by atoms with Gasteiger partial charge in [0.2, 0.25) is 0 Å². The highest BCUT2D eigenvalue weighted by Gasteiger charge is 2.26. The van der Waals surface area contributed by atoms with Gasteiger partial charge in [0, 0.05) is 5.75 Å². The molecule has 49 valence electrons. The number of hydrogen-bond acceptors (Lipinski definition) is 1. The lowest BCUT2D eigenvalue weighted by molar-refractivity contribution is -0.0323. The number of rotatable bonds is 2. The molecule has 0 heterocycles. The maximum atomic E-state index is 11.2. The zero-order valence-corrected chi connectivity index (χ0v) is 5.14. The van der Waals surface area contributed by atoms with Crippen LogP contribution >= 0.6 is 11.8 Å². The minimum Gasteiger partial charge on any atom is -0.160 e. The maximum Gasteiger partial charge on any atom is 0.442 e. The molecule has 0 spiro atoms. The lowest BCUT2D eigenvalue weighted by atomic mass is 10.6. The Labute approximate surface area is 50.5 Å². The summed E-state index contributed by atoms with van der Waals surface area (Å²) in [5.41, 5.74) is -4.09. The van der Waals surface area contributed by atoms with Crippen molar-refractivity contribution in [1.82, 2.24) is 0 Å². The van der Waals surface area contributed by atoms with Crippen LogP contribution in [0.1, 0.15) is 13.3 Å². The standard InChI is InChI=1S/C4H6F3S/c1-2-3-8-4(5,6)7/h3H,2H2,1H3. The largest absolute Gasteiger partial charge is 0.442 e. The highest BCUT2D eigenvalue weighted by molar-refractivity contribution is 8.02. The summed E-state index contributed by atoms with van der Waals surface area (Å²) in [5.74, 6) is 1.12. The number of alkyl halides is 3. The van der Waals surface area contributed by atoms with E-state index in [1.54, 1.807) is 6.92 Å². The average molecular weight is 143 g/mol. The SMILES string of the molecule is CC[CH]SC(F)(F)F. The third-order valence-electron chi connectivity index (χ3n) is 0.384. The van der Waals surface area contributed by atoms with Crippen molar-refractivity contribution in [3.8, 4) is 0 Å². The first-order valence-electron chi connectivity index (χ1n) is 2.12. The van der Waals surface area contributed by atoms with Gasteiger partial charge in [0.05, 0.1) is 0 Å². The van der Waals surface area contributed by atoms with E-state index in [0.717, 1.165) is 5.75 Å². The van der Waals surface area contributed by atoms with Crippen molar-refractivity contribution in [2.45, 2.75) is 18.9 Å². The molecule has 0 aliphatic heterocycles. The second kappa shape index (κ2) is 3.22. The molecule has 0 aliphatic carbocycles.